The third-order valence-corrected chi connectivity index (χ3v) is 6.62. The number of nitrogens with one attached hydrogen (secondary N) is 2. The Kier molecular flexibility index (Phi) is 7.36. The van der Waals surface area contributed by atoms with Crippen LogP contribution in [0, 0.1) is 0 Å². The van der Waals surface area contributed by atoms with Gasteiger partial charge in [0, 0.05) is 38.8 Å². The van der Waals surface area contributed by atoms with Crippen LogP contribution in [0.5, 0.6) is 0 Å². The third-order valence-electron chi connectivity index (χ3n) is 6.62. The van der Waals surface area contributed by atoms with E-state index in [4.69, 9.17) is 4.74 Å². The minimum absolute atomic E-state index is 0.00170. The number of alkyl halides is 3. The Bertz CT molecular complexity index is 924. The van der Waals surface area contributed by atoms with Crippen molar-refractivity contribution >= 4 is 5.91 Å². The molecule has 0 radical (unpaired) electrons. The van der Waals surface area contributed by atoms with Gasteiger partial charge in [-0.1, -0.05) is 36.4 Å². The fourth-order valence-electron chi connectivity index (χ4n) is 4.91. The zero-order valence-electron chi connectivity index (χ0n) is 18.7. The molecule has 2 aromatic rings. The van der Waals surface area contributed by atoms with Gasteiger partial charge in [0.25, 0.3) is 0 Å². The topological polar surface area (TPSA) is 53.6 Å². The Hall–Kier alpha value is -2.42. The van der Waals surface area contributed by atoms with Crippen LogP contribution in [0.4, 0.5) is 13.2 Å². The molecule has 0 bridgehead atoms. The van der Waals surface area contributed by atoms with Gasteiger partial charge in [0.2, 0.25) is 5.91 Å². The Morgan fingerprint density at radius 3 is 2.36 bits per heavy atom. The standard InChI is InChI=1S/C25H30F3N3O2/c1-33-11-10-29-24(32)23-14-21(30-15-17-6-8-20(9-7-17)25(26,27)28)16-31(23)22-12-18-4-2-3-5-19(18)13-22/h2-9,21-23,30H,10-16H2,1H3,(H,29,32)/t21-,23+/m1/s1. The predicted molar refractivity (Wildman–Crippen MR) is 120 cm³/mol. The quantitative estimate of drug-likeness (QED) is 0.593. The van der Waals surface area contributed by atoms with Crippen LogP contribution < -0.4 is 10.6 Å². The number of fused-ring (bicyclic) bond motifs is 1. The molecule has 2 aromatic carbocycles. The molecule has 1 aliphatic heterocycles. The lowest BCUT2D eigenvalue weighted by molar-refractivity contribution is -0.137. The summed E-state index contributed by atoms with van der Waals surface area (Å²) in [6, 6.07) is 13.7. The van der Waals surface area contributed by atoms with Crippen molar-refractivity contribution in [2.24, 2.45) is 0 Å². The molecular formula is C25H30F3N3O2. The zero-order valence-corrected chi connectivity index (χ0v) is 18.7. The molecule has 8 heteroatoms. The number of ether oxygens (including phenoxy) is 1. The summed E-state index contributed by atoms with van der Waals surface area (Å²) in [5, 5.41) is 6.43. The molecule has 0 spiro atoms. The summed E-state index contributed by atoms with van der Waals surface area (Å²) in [6.45, 7) is 2.11. The smallest absolute Gasteiger partial charge is 0.383 e. The maximum atomic E-state index is 13.0. The number of hydrogen-bond donors (Lipinski definition) is 2. The summed E-state index contributed by atoms with van der Waals surface area (Å²) in [5.41, 5.74) is 2.81. The molecule has 1 saturated heterocycles. The fourth-order valence-corrected chi connectivity index (χ4v) is 4.91. The summed E-state index contributed by atoms with van der Waals surface area (Å²) in [5.74, 6) is 0.00170. The minimum atomic E-state index is -4.33. The lowest BCUT2D eigenvalue weighted by Crippen LogP contribution is -2.48. The van der Waals surface area contributed by atoms with Crippen LogP contribution in [0.3, 0.4) is 0 Å². The Morgan fingerprint density at radius 2 is 1.76 bits per heavy atom. The maximum absolute atomic E-state index is 13.0. The molecular weight excluding hydrogens is 431 g/mol. The number of carbonyl (C=O) groups excluding carboxylic acids is 1. The van der Waals surface area contributed by atoms with E-state index in [9.17, 15) is 18.0 Å². The molecule has 5 nitrogen and oxygen atoms in total. The van der Waals surface area contributed by atoms with Crippen LogP contribution in [0.1, 0.15) is 28.7 Å². The molecule has 1 heterocycles. The average Bonchev–Trinajstić information content (AvgIpc) is 3.41. The molecule has 33 heavy (non-hydrogen) atoms. The van der Waals surface area contributed by atoms with E-state index < -0.39 is 11.7 Å². The van der Waals surface area contributed by atoms with Crippen LogP contribution in [0.15, 0.2) is 48.5 Å². The number of nitrogens with zero attached hydrogens (tertiary/aromatic N) is 1. The largest absolute Gasteiger partial charge is 0.416 e. The average molecular weight is 462 g/mol. The number of carbonyl (C=O) groups is 1. The second-order valence-corrected chi connectivity index (χ2v) is 8.84. The van der Waals surface area contributed by atoms with Gasteiger partial charge in [0.05, 0.1) is 18.2 Å². The highest BCUT2D eigenvalue weighted by Gasteiger charge is 2.41. The van der Waals surface area contributed by atoms with Gasteiger partial charge >= 0.3 is 6.18 Å². The Morgan fingerprint density at radius 1 is 1.09 bits per heavy atom. The van der Waals surface area contributed by atoms with E-state index in [1.165, 1.54) is 23.3 Å². The second-order valence-electron chi connectivity index (χ2n) is 8.84. The van der Waals surface area contributed by atoms with Crippen LogP contribution in [-0.4, -0.2) is 55.7 Å². The SMILES string of the molecule is COCCNC(=O)[C@@H]1C[C@@H](NCc2ccc(C(F)(F)F)cc2)CN1C1Cc2ccccc2C1. The van der Waals surface area contributed by atoms with Crippen LogP contribution in [0.25, 0.3) is 0 Å². The second kappa shape index (κ2) is 10.2. The van der Waals surface area contributed by atoms with Crippen LogP contribution in [0.2, 0.25) is 0 Å². The highest BCUT2D eigenvalue weighted by Crippen LogP contribution is 2.31. The number of likely N-dealkylation sites (tertiary alicyclic amines) is 1. The van der Waals surface area contributed by atoms with E-state index in [1.54, 1.807) is 7.11 Å². The van der Waals surface area contributed by atoms with Crippen molar-refractivity contribution in [1.82, 2.24) is 15.5 Å². The van der Waals surface area contributed by atoms with Crippen molar-refractivity contribution in [1.29, 1.82) is 0 Å². The van der Waals surface area contributed by atoms with Gasteiger partial charge in [-0.2, -0.15) is 13.2 Å². The molecule has 1 aliphatic carbocycles. The van der Waals surface area contributed by atoms with Crippen molar-refractivity contribution in [2.45, 2.75) is 50.1 Å². The lowest BCUT2D eigenvalue weighted by atomic mass is 10.1. The summed E-state index contributed by atoms with van der Waals surface area (Å²) in [6.07, 6.45) is -1.83. The lowest BCUT2D eigenvalue weighted by Gasteiger charge is -2.29. The maximum Gasteiger partial charge on any atom is 0.416 e. The van der Waals surface area contributed by atoms with Gasteiger partial charge in [-0.25, -0.2) is 0 Å². The molecule has 2 aliphatic rings. The van der Waals surface area contributed by atoms with Gasteiger partial charge < -0.3 is 15.4 Å². The molecule has 0 saturated carbocycles. The van der Waals surface area contributed by atoms with Gasteiger partial charge in [-0.3, -0.25) is 9.69 Å². The highest BCUT2D eigenvalue weighted by molar-refractivity contribution is 5.82. The van der Waals surface area contributed by atoms with E-state index in [2.05, 4.69) is 39.8 Å². The Labute approximate surface area is 192 Å². The van der Waals surface area contributed by atoms with E-state index in [0.29, 0.717) is 26.1 Å². The molecule has 4 rings (SSSR count). The van der Waals surface area contributed by atoms with E-state index in [0.717, 1.165) is 37.1 Å². The van der Waals surface area contributed by atoms with Gasteiger partial charge in [-0.15, -0.1) is 0 Å². The van der Waals surface area contributed by atoms with Gasteiger partial charge in [-0.05, 0) is 48.1 Å². The summed E-state index contributed by atoms with van der Waals surface area (Å²) in [4.78, 5) is 15.3. The van der Waals surface area contributed by atoms with Crippen molar-refractivity contribution in [3.63, 3.8) is 0 Å². The number of hydrogen-bond acceptors (Lipinski definition) is 4. The van der Waals surface area contributed by atoms with Crippen molar-refractivity contribution < 1.29 is 22.7 Å². The van der Waals surface area contributed by atoms with E-state index in [1.807, 2.05) is 0 Å². The monoisotopic (exact) mass is 461 g/mol. The molecule has 1 fully saturated rings. The van der Waals surface area contributed by atoms with E-state index in [-0.39, 0.29) is 24.0 Å². The molecule has 2 atom stereocenters. The number of halogens is 3. The normalized spacial score (nSPS) is 21.3. The summed E-state index contributed by atoms with van der Waals surface area (Å²) >= 11 is 0. The van der Waals surface area contributed by atoms with Gasteiger partial charge in [0.15, 0.2) is 0 Å². The van der Waals surface area contributed by atoms with Crippen LogP contribution in [-0.2, 0) is 35.1 Å². The number of amides is 1. The first-order valence-corrected chi connectivity index (χ1v) is 11.3. The number of rotatable bonds is 8. The van der Waals surface area contributed by atoms with Crippen LogP contribution >= 0.6 is 0 Å². The first-order valence-electron chi connectivity index (χ1n) is 11.3. The third kappa shape index (κ3) is 5.75. The Balaban J connectivity index is 1.40. The fraction of sp³-hybridized carbons (Fsp3) is 0.480. The van der Waals surface area contributed by atoms with Crippen molar-refractivity contribution in [3.8, 4) is 0 Å². The highest BCUT2D eigenvalue weighted by atomic mass is 19.4. The molecule has 178 valence electrons. The predicted octanol–water partition coefficient (Wildman–Crippen LogP) is 3.17. The summed E-state index contributed by atoms with van der Waals surface area (Å²) < 4.78 is 43.5. The molecule has 0 aromatic heterocycles. The number of methoxy groups -OCH3 is 1. The van der Waals surface area contributed by atoms with Gasteiger partial charge in [0.1, 0.15) is 0 Å². The first kappa shape index (κ1) is 23.7. The first-order chi connectivity index (χ1) is 15.8. The molecule has 2 N–H and O–H groups in total. The molecule has 1 amide bonds. The molecule has 0 unspecified atom stereocenters. The van der Waals surface area contributed by atoms with Crippen molar-refractivity contribution in [2.75, 3.05) is 26.8 Å². The van der Waals surface area contributed by atoms with Crippen molar-refractivity contribution in [3.05, 3.63) is 70.8 Å². The summed E-state index contributed by atoms with van der Waals surface area (Å²) in [7, 11) is 1.60. The zero-order chi connectivity index (χ0) is 23.4. The van der Waals surface area contributed by atoms with E-state index >= 15 is 0 Å². The minimum Gasteiger partial charge on any atom is -0.383 e. The number of benzene rings is 2.